The number of rotatable bonds is 8. The molecule has 16 heavy (non-hydrogen) atoms. The standard InChI is InChI=1S/C7H16.C4H10O4S/c1-3-5-7-6-4-2;1-2-3-4-8-9(5,6)7/h3-7H2,1-2H3;2-4H2,1H3,(H,5,6,7). The third kappa shape index (κ3) is 23.6. The van der Waals surface area contributed by atoms with Crippen molar-refractivity contribution >= 4 is 10.4 Å². The minimum absolute atomic E-state index is 0.0648. The molecule has 0 aliphatic carbocycles. The Morgan fingerprint density at radius 2 is 1.31 bits per heavy atom. The van der Waals surface area contributed by atoms with E-state index >= 15 is 0 Å². The predicted molar refractivity (Wildman–Crippen MR) is 66.8 cm³/mol. The maximum Gasteiger partial charge on any atom is 0.397 e. The molecule has 5 heteroatoms. The molecule has 0 heterocycles. The molecule has 4 nitrogen and oxygen atoms in total. The zero-order valence-electron chi connectivity index (χ0n) is 10.7. The second kappa shape index (κ2) is 12.9. The van der Waals surface area contributed by atoms with Crippen molar-refractivity contribution in [1.29, 1.82) is 0 Å². The summed E-state index contributed by atoms with van der Waals surface area (Å²) in [6.07, 6.45) is 8.49. The van der Waals surface area contributed by atoms with Gasteiger partial charge in [-0.1, -0.05) is 59.3 Å². The van der Waals surface area contributed by atoms with E-state index in [-0.39, 0.29) is 6.61 Å². The van der Waals surface area contributed by atoms with Crippen molar-refractivity contribution < 1.29 is 17.2 Å². The van der Waals surface area contributed by atoms with Crippen LogP contribution in [0.3, 0.4) is 0 Å². The minimum atomic E-state index is -4.20. The molecule has 0 aromatic carbocycles. The first-order valence-electron chi connectivity index (χ1n) is 6.09. The van der Waals surface area contributed by atoms with Gasteiger partial charge in [-0.15, -0.1) is 0 Å². The van der Waals surface area contributed by atoms with Gasteiger partial charge in [-0.25, -0.2) is 4.18 Å². The zero-order chi connectivity index (χ0) is 12.9. The van der Waals surface area contributed by atoms with Crippen LogP contribution in [0.5, 0.6) is 0 Å². The van der Waals surface area contributed by atoms with E-state index in [1.54, 1.807) is 0 Å². The molecule has 0 radical (unpaired) electrons. The lowest BCUT2D eigenvalue weighted by Gasteiger charge is -1.95. The zero-order valence-corrected chi connectivity index (χ0v) is 11.6. The average Bonchev–Trinajstić information content (AvgIpc) is 2.18. The summed E-state index contributed by atoms with van der Waals surface area (Å²) in [5.41, 5.74) is 0. The van der Waals surface area contributed by atoms with E-state index in [4.69, 9.17) is 4.55 Å². The lowest BCUT2D eigenvalue weighted by atomic mass is 10.2. The van der Waals surface area contributed by atoms with Gasteiger partial charge in [-0.2, -0.15) is 8.42 Å². The van der Waals surface area contributed by atoms with E-state index in [9.17, 15) is 8.42 Å². The maximum absolute atomic E-state index is 9.84. The molecule has 0 saturated heterocycles. The Morgan fingerprint density at radius 3 is 1.62 bits per heavy atom. The van der Waals surface area contributed by atoms with Crippen LogP contribution in [-0.4, -0.2) is 19.6 Å². The molecule has 0 aromatic heterocycles. The Kier molecular flexibility index (Phi) is 14.7. The molecule has 0 rings (SSSR count). The Balaban J connectivity index is 0. The topological polar surface area (TPSA) is 63.6 Å². The van der Waals surface area contributed by atoms with E-state index in [2.05, 4.69) is 18.0 Å². The summed E-state index contributed by atoms with van der Waals surface area (Å²) in [5.74, 6) is 0. The molecule has 0 amide bonds. The van der Waals surface area contributed by atoms with Crippen molar-refractivity contribution in [3.63, 3.8) is 0 Å². The van der Waals surface area contributed by atoms with Crippen LogP contribution in [0.15, 0.2) is 0 Å². The highest BCUT2D eigenvalue weighted by Crippen LogP contribution is 2.00. The van der Waals surface area contributed by atoms with Gasteiger partial charge in [0.05, 0.1) is 6.61 Å². The second-order valence-electron chi connectivity index (χ2n) is 3.66. The summed E-state index contributed by atoms with van der Waals surface area (Å²) >= 11 is 0. The third-order valence-corrected chi connectivity index (χ3v) is 2.40. The summed E-state index contributed by atoms with van der Waals surface area (Å²) in [6.45, 7) is 6.45. The second-order valence-corrected chi connectivity index (χ2v) is 4.76. The Bertz CT molecular complexity index is 208. The molecule has 0 saturated carbocycles. The molecule has 0 aliphatic heterocycles. The highest BCUT2D eigenvalue weighted by molar-refractivity contribution is 7.80. The normalized spacial score (nSPS) is 10.8. The van der Waals surface area contributed by atoms with Crippen molar-refractivity contribution in [2.45, 2.75) is 65.7 Å². The van der Waals surface area contributed by atoms with Crippen LogP contribution in [0, 0.1) is 0 Å². The van der Waals surface area contributed by atoms with Gasteiger partial charge < -0.3 is 0 Å². The Labute approximate surface area is 100 Å². The van der Waals surface area contributed by atoms with Crippen molar-refractivity contribution in [2.24, 2.45) is 0 Å². The van der Waals surface area contributed by atoms with E-state index in [0.717, 1.165) is 6.42 Å². The van der Waals surface area contributed by atoms with Gasteiger partial charge in [0.25, 0.3) is 0 Å². The number of unbranched alkanes of at least 4 members (excludes halogenated alkanes) is 5. The van der Waals surface area contributed by atoms with Gasteiger partial charge in [0.1, 0.15) is 0 Å². The molecule has 0 bridgehead atoms. The quantitative estimate of drug-likeness (QED) is 0.531. The lowest BCUT2D eigenvalue weighted by molar-refractivity contribution is 0.264. The Hall–Kier alpha value is -0.130. The monoisotopic (exact) mass is 254 g/mol. The molecule has 0 unspecified atom stereocenters. The van der Waals surface area contributed by atoms with Crippen molar-refractivity contribution in [2.75, 3.05) is 6.61 Å². The summed E-state index contributed by atoms with van der Waals surface area (Å²) in [6, 6.07) is 0. The summed E-state index contributed by atoms with van der Waals surface area (Å²) in [5, 5.41) is 0. The largest absolute Gasteiger partial charge is 0.397 e. The van der Waals surface area contributed by atoms with Crippen LogP contribution < -0.4 is 0 Å². The summed E-state index contributed by atoms with van der Waals surface area (Å²) in [4.78, 5) is 0. The van der Waals surface area contributed by atoms with E-state index in [1.807, 2.05) is 6.92 Å². The van der Waals surface area contributed by atoms with Gasteiger partial charge in [-0.3, -0.25) is 4.55 Å². The fourth-order valence-electron chi connectivity index (χ4n) is 0.985. The molecule has 0 fully saturated rings. The molecular formula is C11H26O4S. The van der Waals surface area contributed by atoms with Crippen LogP contribution in [0.4, 0.5) is 0 Å². The minimum Gasteiger partial charge on any atom is -0.264 e. The molecule has 100 valence electrons. The Morgan fingerprint density at radius 1 is 0.875 bits per heavy atom. The predicted octanol–water partition coefficient (Wildman–Crippen LogP) is 3.58. The van der Waals surface area contributed by atoms with E-state index < -0.39 is 10.4 Å². The van der Waals surface area contributed by atoms with Crippen molar-refractivity contribution in [3.8, 4) is 0 Å². The first kappa shape index (κ1) is 18.2. The van der Waals surface area contributed by atoms with Crippen LogP contribution in [0.1, 0.15) is 65.7 Å². The molecule has 0 spiro atoms. The SMILES string of the molecule is CCCCCCC.CCCCOS(=O)(=O)O. The first-order chi connectivity index (χ1) is 7.47. The van der Waals surface area contributed by atoms with Gasteiger partial charge in [0.15, 0.2) is 0 Å². The third-order valence-electron chi connectivity index (χ3n) is 1.94. The fourth-order valence-corrected chi connectivity index (χ4v) is 1.31. The summed E-state index contributed by atoms with van der Waals surface area (Å²) < 4.78 is 31.7. The average molecular weight is 254 g/mol. The molecular weight excluding hydrogens is 228 g/mol. The van der Waals surface area contributed by atoms with Crippen LogP contribution in [-0.2, 0) is 14.6 Å². The van der Waals surface area contributed by atoms with E-state index in [0.29, 0.717) is 6.42 Å². The molecule has 0 atom stereocenters. The smallest absolute Gasteiger partial charge is 0.264 e. The maximum atomic E-state index is 9.84. The van der Waals surface area contributed by atoms with Crippen molar-refractivity contribution in [3.05, 3.63) is 0 Å². The molecule has 0 aliphatic rings. The van der Waals surface area contributed by atoms with Crippen LogP contribution in [0.25, 0.3) is 0 Å². The molecule has 0 aromatic rings. The summed E-state index contributed by atoms with van der Waals surface area (Å²) in [7, 11) is -4.20. The van der Waals surface area contributed by atoms with E-state index in [1.165, 1.54) is 32.1 Å². The highest BCUT2D eigenvalue weighted by Gasteiger charge is 2.00. The molecule has 1 N–H and O–H groups in total. The van der Waals surface area contributed by atoms with Crippen molar-refractivity contribution in [1.82, 2.24) is 0 Å². The van der Waals surface area contributed by atoms with Crippen LogP contribution in [0.2, 0.25) is 0 Å². The first-order valence-corrected chi connectivity index (χ1v) is 7.46. The van der Waals surface area contributed by atoms with Gasteiger partial charge in [0.2, 0.25) is 0 Å². The fraction of sp³-hybridized carbons (Fsp3) is 1.00. The highest BCUT2D eigenvalue weighted by atomic mass is 32.3. The number of hydrogen-bond donors (Lipinski definition) is 1. The lowest BCUT2D eigenvalue weighted by Crippen LogP contribution is -2.04. The van der Waals surface area contributed by atoms with Gasteiger partial charge >= 0.3 is 10.4 Å². The van der Waals surface area contributed by atoms with Gasteiger partial charge in [0, 0.05) is 0 Å². The van der Waals surface area contributed by atoms with Gasteiger partial charge in [-0.05, 0) is 6.42 Å². The van der Waals surface area contributed by atoms with Crippen LogP contribution >= 0.6 is 0 Å². The number of hydrogen-bond acceptors (Lipinski definition) is 3.